The molecule has 1 aromatic heterocycles. The first-order chi connectivity index (χ1) is 14.5. The van der Waals surface area contributed by atoms with Gasteiger partial charge in [0.05, 0.1) is 23.8 Å². The van der Waals surface area contributed by atoms with Gasteiger partial charge in [-0.15, -0.1) is 0 Å². The Balaban J connectivity index is 1.93. The molecule has 0 bridgehead atoms. The van der Waals surface area contributed by atoms with Gasteiger partial charge < -0.3 is 9.47 Å². The number of nitrogens with one attached hydrogen (secondary N) is 1. The number of ether oxygens (including phenoxy) is 2. The average molecular weight is 447 g/mol. The number of carbonyl (C=O) groups excluding carboxylic acids is 1. The highest BCUT2D eigenvalue weighted by molar-refractivity contribution is 7.99. The minimum atomic E-state index is -0.260. The van der Waals surface area contributed by atoms with Crippen LogP contribution in [0.25, 0.3) is 0 Å². The summed E-state index contributed by atoms with van der Waals surface area (Å²) in [4.78, 5) is 21.0. The molecule has 1 aromatic carbocycles. The van der Waals surface area contributed by atoms with Gasteiger partial charge in [-0.2, -0.15) is 10.2 Å². The summed E-state index contributed by atoms with van der Waals surface area (Å²) in [5.74, 6) is 0.962. The molecule has 2 rings (SSSR count). The molecule has 30 heavy (non-hydrogen) atoms. The van der Waals surface area contributed by atoms with Gasteiger partial charge in [0.15, 0.2) is 11.5 Å². The fraction of sp³-hybridized carbons (Fsp3) is 0.333. The van der Waals surface area contributed by atoms with E-state index in [4.69, 9.17) is 21.1 Å². The van der Waals surface area contributed by atoms with Gasteiger partial charge in [0.1, 0.15) is 6.07 Å². The van der Waals surface area contributed by atoms with Gasteiger partial charge >= 0.3 is 0 Å². The molecule has 0 spiro atoms. The summed E-state index contributed by atoms with van der Waals surface area (Å²) >= 11 is 7.62. The highest BCUT2D eigenvalue weighted by Gasteiger charge is 2.17. The Kier molecular flexibility index (Phi) is 9.45. The van der Waals surface area contributed by atoms with Crippen molar-refractivity contribution in [2.24, 2.45) is 0 Å². The van der Waals surface area contributed by atoms with Crippen molar-refractivity contribution in [1.82, 2.24) is 9.97 Å². The number of ketones is 1. The molecule has 0 aliphatic carbocycles. The van der Waals surface area contributed by atoms with E-state index in [2.05, 4.69) is 21.3 Å². The van der Waals surface area contributed by atoms with Crippen LogP contribution >= 0.6 is 23.5 Å². The molecule has 1 heterocycles. The van der Waals surface area contributed by atoms with E-state index in [9.17, 15) is 10.1 Å². The molecule has 0 radical (unpaired) electrons. The van der Waals surface area contributed by atoms with Crippen molar-refractivity contribution in [2.45, 2.75) is 26.2 Å². The number of benzene rings is 1. The summed E-state index contributed by atoms with van der Waals surface area (Å²) in [6.07, 6.45) is 5.28. The molecule has 7 nitrogen and oxygen atoms in total. The van der Waals surface area contributed by atoms with E-state index in [-0.39, 0.29) is 16.4 Å². The number of hydrogen-bond donors (Lipinski definition) is 1. The Bertz CT molecular complexity index is 946. The second-order valence-electron chi connectivity index (χ2n) is 6.20. The van der Waals surface area contributed by atoms with Gasteiger partial charge in [-0.1, -0.05) is 37.1 Å². The molecule has 0 unspecified atom stereocenters. The number of nitrogens with zero attached hydrogens (tertiary/aromatic N) is 3. The van der Waals surface area contributed by atoms with Crippen LogP contribution < -0.4 is 14.2 Å². The summed E-state index contributed by atoms with van der Waals surface area (Å²) < 4.78 is 14.1. The number of anilines is 1. The predicted molar refractivity (Wildman–Crippen MR) is 119 cm³/mol. The Morgan fingerprint density at radius 2 is 2.17 bits per heavy atom. The Morgan fingerprint density at radius 1 is 1.37 bits per heavy atom. The minimum Gasteiger partial charge on any atom is -0.491 e. The molecule has 0 aliphatic rings. The van der Waals surface area contributed by atoms with Gasteiger partial charge in [-0.25, -0.2) is 4.98 Å². The van der Waals surface area contributed by atoms with Gasteiger partial charge in [0.2, 0.25) is 11.8 Å². The molecule has 0 atom stereocenters. The predicted octanol–water partition coefficient (Wildman–Crippen LogP) is 5.08. The summed E-state index contributed by atoms with van der Waals surface area (Å²) in [6.45, 7) is 6.64. The molecule has 0 saturated heterocycles. The molecule has 9 heteroatoms. The van der Waals surface area contributed by atoms with Crippen LogP contribution in [0.5, 0.6) is 11.6 Å². The zero-order chi connectivity index (χ0) is 21.9. The summed E-state index contributed by atoms with van der Waals surface area (Å²) in [7, 11) is 0. The van der Waals surface area contributed by atoms with Crippen LogP contribution in [0.1, 0.15) is 42.1 Å². The van der Waals surface area contributed by atoms with Crippen molar-refractivity contribution in [3.05, 3.63) is 52.7 Å². The van der Waals surface area contributed by atoms with Gasteiger partial charge in [-0.05, 0) is 37.0 Å². The first-order valence-electron chi connectivity index (χ1n) is 9.33. The lowest BCUT2D eigenvalue weighted by atomic mass is 9.99. The Labute approximate surface area is 185 Å². The topological polar surface area (TPSA) is 97.1 Å². The van der Waals surface area contributed by atoms with Crippen LogP contribution in [0.2, 0.25) is 5.02 Å². The number of nitriles is 1. The third-order valence-corrected chi connectivity index (χ3v) is 4.56. The highest BCUT2D eigenvalue weighted by atomic mass is 35.5. The second-order valence-corrected chi connectivity index (χ2v) is 7.22. The van der Waals surface area contributed by atoms with E-state index in [0.717, 1.165) is 6.42 Å². The average Bonchev–Trinajstić information content (AvgIpc) is 2.75. The SMILES string of the molecule is C=C(CCCOc1ccnc(NSC)n1)C(=O)c1cc(Cl)c(OCCC)c(C#N)c1. The minimum absolute atomic E-state index is 0.230. The second kappa shape index (κ2) is 12.1. The van der Waals surface area contributed by atoms with Gasteiger partial charge in [0, 0.05) is 24.1 Å². The highest BCUT2D eigenvalue weighted by Crippen LogP contribution is 2.31. The number of rotatable bonds is 12. The van der Waals surface area contributed by atoms with Crippen molar-refractivity contribution in [1.29, 1.82) is 5.26 Å². The molecule has 0 amide bonds. The molecular weight excluding hydrogens is 424 g/mol. The fourth-order valence-corrected chi connectivity index (χ4v) is 3.06. The van der Waals surface area contributed by atoms with Crippen LogP contribution in [0.15, 0.2) is 36.5 Å². The maximum Gasteiger partial charge on any atom is 0.236 e. The number of aromatic nitrogens is 2. The normalized spacial score (nSPS) is 10.2. The van der Waals surface area contributed by atoms with Crippen molar-refractivity contribution in [2.75, 3.05) is 24.2 Å². The lowest BCUT2D eigenvalue weighted by Crippen LogP contribution is -2.07. The van der Waals surface area contributed by atoms with E-state index in [1.54, 1.807) is 12.3 Å². The number of carbonyl (C=O) groups is 1. The van der Waals surface area contributed by atoms with Crippen LogP contribution in [0.4, 0.5) is 5.95 Å². The fourth-order valence-electron chi connectivity index (χ4n) is 2.50. The van der Waals surface area contributed by atoms with Crippen LogP contribution in [-0.2, 0) is 0 Å². The van der Waals surface area contributed by atoms with E-state index in [1.807, 2.05) is 19.2 Å². The standard InChI is InChI=1S/C21H23ClN4O3S/c1-4-9-29-20-16(13-23)11-15(12-17(20)22)19(27)14(2)6-5-10-28-18-7-8-24-21(25-18)26-30-3/h7-8,11-12H,2,4-6,9-10H2,1,3H3,(H,24,25,26). The third-order valence-electron chi connectivity index (χ3n) is 3.89. The summed E-state index contributed by atoms with van der Waals surface area (Å²) in [5.41, 5.74) is 0.956. The quantitative estimate of drug-likeness (QED) is 0.208. The van der Waals surface area contributed by atoms with Gasteiger partial charge in [0.25, 0.3) is 0 Å². The zero-order valence-electron chi connectivity index (χ0n) is 16.9. The molecule has 2 aromatic rings. The first-order valence-corrected chi connectivity index (χ1v) is 10.9. The molecule has 158 valence electrons. The number of halogens is 1. The summed E-state index contributed by atoms with van der Waals surface area (Å²) in [5, 5.41) is 9.60. The molecular formula is C21H23ClN4O3S. The summed E-state index contributed by atoms with van der Waals surface area (Å²) in [6, 6.07) is 6.70. The molecule has 0 fully saturated rings. The van der Waals surface area contributed by atoms with Crippen molar-refractivity contribution in [3.63, 3.8) is 0 Å². The van der Waals surface area contributed by atoms with Crippen LogP contribution in [-0.4, -0.2) is 35.2 Å². The van der Waals surface area contributed by atoms with E-state index in [1.165, 1.54) is 24.1 Å². The van der Waals surface area contributed by atoms with Crippen LogP contribution in [0.3, 0.4) is 0 Å². The number of allylic oxidation sites excluding steroid dienone is 1. The van der Waals surface area contributed by atoms with Crippen molar-refractivity contribution in [3.8, 4) is 17.7 Å². The smallest absolute Gasteiger partial charge is 0.236 e. The Morgan fingerprint density at radius 3 is 2.87 bits per heavy atom. The van der Waals surface area contributed by atoms with Crippen molar-refractivity contribution >= 4 is 35.3 Å². The molecule has 0 saturated carbocycles. The van der Waals surface area contributed by atoms with E-state index in [0.29, 0.717) is 54.8 Å². The zero-order valence-corrected chi connectivity index (χ0v) is 18.5. The number of Topliss-reactive ketones (excluding diaryl/α,β-unsaturated/α-hetero) is 1. The Hall–Kier alpha value is -2.76. The van der Waals surface area contributed by atoms with Crippen molar-refractivity contribution < 1.29 is 14.3 Å². The van der Waals surface area contributed by atoms with E-state index < -0.39 is 0 Å². The maximum absolute atomic E-state index is 12.7. The third kappa shape index (κ3) is 6.65. The lowest BCUT2D eigenvalue weighted by Gasteiger charge is -2.12. The monoisotopic (exact) mass is 446 g/mol. The lowest BCUT2D eigenvalue weighted by molar-refractivity contribution is 0.103. The molecule has 0 aliphatic heterocycles. The van der Waals surface area contributed by atoms with E-state index >= 15 is 0 Å². The molecule has 1 N–H and O–H groups in total. The largest absolute Gasteiger partial charge is 0.491 e. The maximum atomic E-state index is 12.7. The first kappa shape index (κ1) is 23.5. The number of hydrogen-bond acceptors (Lipinski definition) is 8. The van der Waals surface area contributed by atoms with Crippen LogP contribution in [0, 0.1) is 11.3 Å². The van der Waals surface area contributed by atoms with Gasteiger partial charge in [-0.3, -0.25) is 9.52 Å².